The number of carboxylic acids is 1. The molecule has 0 saturated heterocycles. The Kier molecular flexibility index (Phi) is 2.42. The molecule has 0 aliphatic rings. The maximum Gasteiger partial charge on any atom is 0.351 e. The molecule has 0 fully saturated rings. The van der Waals surface area contributed by atoms with E-state index in [-0.39, 0.29) is 5.70 Å². The predicted molar refractivity (Wildman–Crippen MR) is 44.0 cm³/mol. The van der Waals surface area contributed by atoms with Crippen molar-refractivity contribution in [2.24, 2.45) is 5.73 Å². The van der Waals surface area contributed by atoms with E-state index >= 15 is 0 Å². The lowest BCUT2D eigenvalue weighted by molar-refractivity contribution is -0.132. The number of carbonyl (C=O) groups is 1. The maximum atomic E-state index is 10.3. The fraction of sp³-hybridized carbons (Fsp3) is 0. The average molecular weight is 164 g/mol. The minimum Gasteiger partial charge on any atom is -0.477 e. The number of carboxylic acid groups (broad SMARTS) is 1. The molecule has 0 bridgehead atoms. The SMILES string of the molecule is N/C(=C/c1cccnc1)C(=O)O. The van der Waals surface area contributed by atoms with Gasteiger partial charge < -0.3 is 10.8 Å². The van der Waals surface area contributed by atoms with E-state index in [0.717, 1.165) is 0 Å². The van der Waals surface area contributed by atoms with Crippen molar-refractivity contribution in [3.63, 3.8) is 0 Å². The topological polar surface area (TPSA) is 76.2 Å². The fourth-order valence-electron chi connectivity index (χ4n) is 0.703. The highest BCUT2D eigenvalue weighted by atomic mass is 16.4. The molecule has 1 heterocycles. The molecule has 0 aromatic carbocycles. The lowest BCUT2D eigenvalue weighted by atomic mass is 10.2. The van der Waals surface area contributed by atoms with Crippen LogP contribution >= 0.6 is 0 Å². The van der Waals surface area contributed by atoms with Gasteiger partial charge in [0, 0.05) is 12.4 Å². The Labute approximate surface area is 69.4 Å². The van der Waals surface area contributed by atoms with E-state index in [1.165, 1.54) is 12.3 Å². The number of pyridine rings is 1. The zero-order chi connectivity index (χ0) is 8.97. The molecule has 1 rings (SSSR count). The van der Waals surface area contributed by atoms with E-state index in [9.17, 15) is 4.79 Å². The molecule has 4 heteroatoms. The highest BCUT2D eigenvalue weighted by Crippen LogP contribution is 2.00. The quantitative estimate of drug-likeness (QED) is 0.623. The second kappa shape index (κ2) is 3.52. The second-order valence-electron chi connectivity index (χ2n) is 2.19. The zero-order valence-corrected chi connectivity index (χ0v) is 6.27. The monoisotopic (exact) mass is 164 g/mol. The normalized spacial score (nSPS) is 11.2. The summed E-state index contributed by atoms with van der Waals surface area (Å²) < 4.78 is 0. The summed E-state index contributed by atoms with van der Waals surface area (Å²) in [5.74, 6) is -1.13. The van der Waals surface area contributed by atoms with Crippen LogP contribution in [0.25, 0.3) is 6.08 Å². The highest BCUT2D eigenvalue weighted by Gasteiger charge is 1.99. The van der Waals surface area contributed by atoms with Gasteiger partial charge in [-0.3, -0.25) is 4.98 Å². The van der Waals surface area contributed by atoms with E-state index in [1.54, 1.807) is 18.3 Å². The van der Waals surface area contributed by atoms with Gasteiger partial charge in [0.25, 0.3) is 0 Å². The molecule has 0 saturated carbocycles. The smallest absolute Gasteiger partial charge is 0.351 e. The van der Waals surface area contributed by atoms with Crippen LogP contribution in [0.3, 0.4) is 0 Å². The maximum absolute atomic E-state index is 10.3. The number of rotatable bonds is 2. The predicted octanol–water partition coefficient (Wildman–Crippen LogP) is 0.466. The van der Waals surface area contributed by atoms with Crippen molar-refractivity contribution in [3.05, 3.63) is 35.8 Å². The van der Waals surface area contributed by atoms with Gasteiger partial charge in [-0.2, -0.15) is 0 Å². The van der Waals surface area contributed by atoms with Crippen molar-refractivity contribution in [3.8, 4) is 0 Å². The molecule has 1 aromatic rings. The van der Waals surface area contributed by atoms with Gasteiger partial charge in [-0.1, -0.05) is 6.07 Å². The van der Waals surface area contributed by atoms with Crippen LogP contribution in [0.2, 0.25) is 0 Å². The molecule has 1 aromatic heterocycles. The number of hydrogen-bond donors (Lipinski definition) is 2. The fourth-order valence-corrected chi connectivity index (χ4v) is 0.703. The van der Waals surface area contributed by atoms with Gasteiger partial charge in [0.2, 0.25) is 0 Å². The molecule has 0 radical (unpaired) electrons. The lowest BCUT2D eigenvalue weighted by Crippen LogP contribution is -2.09. The summed E-state index contributed by atoms with van der Waals surface area (Å²) >= 11 is 0. The number of nitrogens with zero attached hydrogens (tertiary/aromatic N) is 1. The molecule has 4 nitrogen and oxygen atoms in total. The highest BCUT2D eigenvalue weighted by molar-refractivity contribution is 5.90. The van der Waals surface area contributed by atoms with Gasteiger partial charge in [0.15, 0.2) is 0 Å². The molecule has 0 aliphatic heterocycles. The first-order chi connectivity index (χ1) is 5.70. The van der Waals surface area contributed by atoms with Crippen LogP contribution in [0.5, 0.6) is 0 Å². The Balaban J connectivity index is 2.89. The summed E-state index contributed by atoms with van der Waals surface area (Å²) in [6, 6.07) is 3.43. The Morgan fingerprint density at radius 3 is 2.92 bits per heavy atom. The van der Waals surface area contributed by atoms with E-state index in [2.05, 4.69) is 4.98 Å². The van der Waals surface area contributed by atoms with E-state index < -0.39 is 5.97 Å². The summed E-state index contributed by atoms with van der Waals surface area (Å²) in [6.45, 7) is 0. The van der Waals surface area contributed by atoms with Crippen molar-refractivity contribution < 1.29 is 9.90 Å². The van der Waals surface area contributed by atoms with Gasteiger partial charge in [0.05, 0.1) is 0 Å². The molecule has 0 aliphatic carbocycles. The van der Waals surface area contributed by atoms with Crippen LogP contribution in [0, 0.1) is 0 Å². The largest absolute Gasteiger partial charge is 0.477 e. The van der Waals surface area contributed by atoms with Crippen LogP contribution in [0.4, 0.5) is 0 Å². The average Bonchev–Trinajstić information content (AvgIpc) is 2.06. The molecule has 0 spiro atoms. The van der Waals surface area contributed by atoms with Gasteiger partial charge >= 0.3 is 5.97 Å². The van der Waals surface area contributed by atoms with Crippen LogP contribution in [-0.2, 0) is 4.79 Å². The Hall–Kier alpha value is -1.84. The minimum absolute atomic E-state index is 0.192. The molecule has 3 N–H and O–H groups in total. The molecule has 12 heavy (non-hydrogen) atoms. The van der Waals surface area contributed by atoms with Crippen molar-refractivity contribution >= 4 is 12.0 Å². The first kappa shape index (κ1) is 8.26. The summed E-state index contributed by atoms with van der Waals surface area (Å²) in [5, 5.41) is 8.43. The molecular formula is C8H8N2O2. The van der Waals surface area contributed by atoms with Crippen molar-refractivity contribution in [1.29, 1.82) is 0 Å². The Morgan fingerprint density at radius 1 is 1.67 bits per heavy atom. The van der Waals surface area contributed by atoms with Gasteiger partial charge in [-0.15, -0.1) is 0 Å². The molecule has 0 atom stereocenters. The van der Waals surface area contributed by atoms with Crippen LogP contribution in [-0.4, -0.2) is 16.1 Å². The standard InChI is InChI=1S/C8H8N2O2/c9-7(8(11)12)4-6-2-1-3-10-5-6/h1-5H,9H2,(H,11,12)/b7-4+. The van der Waals surface area contributed by atoms with Crippen LogP contribution in [0.1, 0.15) is 5.56 Å². The summed E-state index contributed by atoms with van der Waals surface area (Å²) in [6.07, 6.45) is 4.50. The second-order valence-corrected chi connectivity index (χ2v) is 2.19. The minimum atomic E-state index is -1.13. The summed E-state index contributed by atoms with van der Waals surface area (Å²) in [7, 11) is 0. The number of nitrogens with two attached hydrogens (primary N) is 1. The number of aliphatic carboxylic acids is 1. The summed E-state index contributed by atoms with van der Waals surface area (Å²) in [4.78, 5) is 14.1. The third-order valence-electron chi connectivity index (χ3n) is 1.25. The van der Waals surface area contributed by atoms with E-state index in [0.29, 0.717) is 5.56 Å². The Bertz CT molecular complexity index is 306. The van der Waals surface area contributed by atoms with Crippen molar-refractivity contribution in [1.82, 2.24) is 4.98 Å². The molecule has 0 unspecified atom stereocenters. The first-order valence-electron chi connectivity index (χ1n) is 3.30. The van der Waals surface area contributed by atoms with Crippen LogP contribution in [0.15, 0.2) is 30.2 Å². The Morgan fingerprint density at radius 2 is 2.42 bits per heavy atom. The lowest BCUT2D eigenvalue weighted by Gasteiger charge is -1.93. The van der Waals surface area contributed by atoms with Gasteiger partial charge in [-0.05, 0) is 17.7 Å². The molecule has 62 valence electrons. The zero-order valence-electron chi connectivity index (χ0n) is 6.27. The third kappa shape index (κ3) is 2.09. The van der Waals surface area contributed by atoms with Crippen molar-refractivity contribution in [2.45, 2.75) is 0 Å². The molecule has 0 amide bonds. The first-order valence-corrected chi connectivity index (χ1v) is 3.30. The van der Waals surface area contributed by atoms with E-state index in [4.69, 9.17) is 10.8 Å². The van der Waals surface area contributed by atoms with E-state index in [1.807, 2.05) is 0 Å². The summed E-state index contributed by atoms with van der Waals surface area (Å²) in [5.41, 5.74) is 5.67. The van der Waals surface area contributed by atoms with Crippen molar-refractivity contribution in [2.75, 3.05) is 0 Å². The third-order valence-corrected chi connectivity index (χ3v) is 1.25. The number of aromatic nitrogens is 1. The van der Waals surface area contributed by atoms with Gasteiger partial charge in [-0.25, -0.2) is 4.79 Å². The number of hydrogen-bond acceptors (Lipinski definition) is 3. The molecular weight excluding hydrogens is 156 g/mol. The van der Waals surface area contributed by atoms with Crippen LogP contribution < -0.4 is 5.73 Å². The van der Waals surface area contributed by atoms with Gasteiger partial charge in [0.1, 0.15) is 5.70 Å².